The highest BCUT2D eigenvalue weighted by atomic mass is 31.1. The van der Waals surface area contributed by atoms with Gasteiger partial charge in [-0.15, -0.1) is 9.42 Å². The summed E-state index contributed by atoms with van der Waals surface area (Å²) in [5.74, 6) is 0. The summed E-state index contributed by atoms with van der Waals surface area (Å²) in [6.45, 7) is 7.42. The number of hydrogen-bond acceptors (Lipinski definition) is 4. The molecule has 0 aliphatic carbocycles. The normalized spacial score (nSPS) is 12.9. The second-order valence-electron chi connectivity index (χ2n) is 3.17. The van der Waals surface area contributed by atoms with Crippen molar-refractivity contribution in [1.82, 2.24) is 0 Å². The maximum atomic E-state index is 10.2. The maximum Gasteiger partial charge on any atom is 0.694 e. The van der Waals surface area contributed by atoms with E-state index in [1.54, 1.807) is 0 Å². The second kappa shape index (κ2) is 8.33. The summed E-state index contributed by atoms with van der Waals surface area (Å²) < 4.78 is 26.0. The van der Waals surface area contributed by atoms with Crippen LogP contribution in [-0.4, -0.2) is 33.3 Å². The van der Waals surface area contributed by atoms with Crippen LogP contribution in [0, 0.1) is 0 Å². The van der Waals surface area contributed by atoms with E-state index in [0.29, 0.717) is 19.6 Å². The summed E-state index contributed by atoms with van der Waals surface area (Å²) >= 11 is 0. The van der Waals surface area contributed by atoms with Gasteiger partial charge in [-0.25, -0.2) is 0 Å². The van der Waals surface area contributed by atoms with Gasteiger partial charge in [-0.1, -0.05) is 0 Å². The van der Waals surface area contributed by atoms with Gasteiger partial charge in [-0.3, -0.25) is 0 Å². The van der Waals surface area contributed by atoms with E-state index in [1.165, 1.54) is 0 Å². The monoisotopic (exact) mass is 255 g/mol. The average molecular weight is 255 g/mol. The van der Waals surface area contributed by atoms with Crippen LogP contribution in [0.1, 0.15) is 20.3 Å². The fourth-order valence-electron chi connectivity index (χ4n) is 1.33. The Morgan fingerprint density at radius 1 is 1.27 bits per heavy atom. The third-order valence-electron chi connectivity index (χ3n) is 1.88. The zero-order chi connectivity index (χ0) is 11.7. The molecule has 15 heavy (non-hydrogen) atoms. The first-order valence-corrected chi connectivity index (χ1v) is 8.76. The molecular weight excluding hydrogens is 235 g/mol. The van der Waals surface area contributed by atoms with Gasteiger partial charge in [0.1, 0.15) is 6.61 Å². The lowest BCUT2D eigenvalue weighted by Crippen LogP contribution is -2.38. The van der Waals surface area contributed by atoms with E-state index >= 15 is 0 Å². The minimum Gasteiger partial charge on any atom is -0.395 e. The molecule has 0 saturated heterocycles. The fourth-order valence-corrected chi connectivity index (χ4v) is 4.00. The van der Waals surface area contributed by atoms with E-state index < -0.39 is 16.8 Å². The van der Waals surface area contributed by atoms with E-state index in [4.69, 9.17) is 13.7 Å². The molecule has 0 aliphatic rings. The van der Waals surface area contributed by atoms with Crippen molar-refractivity contribution in [3.63, 3.8) is 0 Å². The molecular formula is C8H20O5PSi+. The van der Waals surface area contributed by atoms with Gasteiger partial charge in [0, 0.05) is 17.8 Å². The highest BCUT2D eigenvalue weighted by Crippen LogP contribution is 2.19. The van der Waals surface area contributed by atoms with Gasteiger partial charge in [0.05, 0.1) is 0 Å². The Hall–Kier alpha value is 0.157. The molecule has 0 fully saturated rings. The van der Waals surface area contributed by atoms with Gasteiger partial charge in [0.25, 0.3) is 0 Å². The largest absolute Gasteiger partial charge is 0.694 e. The van der Waals surface area contributed by atoms with Gasteiger partial charge in [-0.05, 0) is 32.9 Å². The van der Waals surface area contributed by atoms with Crippen molar-refractivity contribution >= 4 is 16.8 Å². The molecule has 1 unspecified atom stereocenters. The average Bonchev–Trinajstić information content (AvgIpc) is 2.13. The molecule has 7 heteroatoms. The highest BCUT2D eigenvalue weighted by molar-refractivity contribution is 7.32. The Labute approximate surface area is 92.9 Å². The maximum absolute atomic E-state index is 10.2. The van der Waals surface area contributed by atoms with E-state index in [2.05, 4.69) is 4.52 Å². The predicted molar refractivity (Wildman–Crippen MR) is 60.1 cm³/mol. The number of rotatable bonds is 9. The quantitative estimate of drug-likeness (QED) is 0.388. The van der Waals surface area contributed by atoms with Crippen molar-refractivity contribution in [3.05, 3.63) is 0 Å². The summed E-state index contributed by atoms with van der Waals surface area (Å²) in [4.78, 5) is 8.42. The lowest BCUT2D eigenvalue weighted by molar-refractivity contribution is 0.185. The van der Waals surface area contributed by atoms with Crippen LogP contribution in [0.25, 0.3) is 0 Å². The van der Waals surface area contributed by atoms with E-state index in [0.717, 1.165) is 6.04 Å². The molecule has 0 saturated carbocycles. The minimum atomic E-state index is -2.48. The summed E-state index contributed by atoms with van der Waals surface area (Å²) in [5, 5.41) is 0. The molecule has 0 aliphatic heterocycles. The summed E-state index contributed by atoms with van der Waals surface area (Å²) in [6, 6.07) is 0.776. The minimum absolute atomic E-state index is 0.272. The summed E-state index contributed by atoms with van der Waals surface area (Å²) in [6.07, 6.45) is 0.685. The molecule has 1 atom stereocenters. The molecule has 1 N–H and O–H groups in total. The first kappa shape index (κ1) is 15.2. The van der Waals surface area contributed by atoms with Crippen LogP contribution in [0.5, 0.6) is 0 Å². The van der Waals surface area contributed by atoms with Crippen molar-refractivity contribution in [2.75, 3.05) is 19.8 Å². The molecule has 0 spiro atoms. The fraction of sp³-hybridized carbons (Fsp3) is 1.00. The molecule has 90 valence electrons. The standard InChI is InChI=1S/C8H19O5PSi/c1-4-12-15(3,13-5-2)8-6-7-11-14(9)10/h4-8H2,1-3H3/p+1. The van der Waals surface area contributed by atoms with Gasteiger partial charge in [-0.2, -0.15) is 0 Å². The molecule has 0 aromatic rings. The molecule has 0 bridgehead atoms. The zero-order valence-corrected chi connectivity index (χ0v) is 11.5. The van der Waals surface area contributed by atoms with Gasteiger partial charge < -0.3 is 8.85 Å². The van der Waals surface area contributed by atoms with E-state index in [9.17, 15) is 4.57 Å². The summed E-state index contributed by atoms with van der Waals surface area (Å²) in [7, 11) is -4.56. The molecule has 0 aromatic carbocycles. The molecule has 5 nitrogen and oxygen atoms in total. The lowest BCUT2D eigenvalue weighted by Gasteiger charge is -2.25. The Bertz CT molecular complexity index is 184. The molecule has 0 aromatic heterocycles. The first-order valence-electron chi connectivity index (χ1n) is 5.11. The van der Waals surface area contributed by atoms with Crippen LogP contribution in [0.15, 0.2) is 0 Å². The Morgan fingerprint density at radius 2 is 1.80 bits per heavy atom. The second-order valence-corrected chi connectivity index (χ2v) is 7.25. The topological polar surface area (TPSA) is 65.0 Å². The molecule has 0 radical (unpaired) electrons. The third-order valence-corrected chi connectivity index (χ3v) is 5.34. The van der Waals surface area contributed by atoms with Crippen molar-refractivity contribution < 1.29 is 22.8 Å². The van der Waals surface area contributed by atoms with Crippen molar-refractivity contribution in [3.8, 4) is 0 Å². The van der Waals surface area contributed by atoms with Crippen molar-refractivity contribution in [2.45, 2.75) is 32.9 Å². The van der Waals surface area contributed by atoms with Crippen molar-refractivity contribution in [2.24, 2.45) is 0 Å². The number of hydrogen-bond donors (Lipinski definition) is 1. The predicted octanol–water partition coefficient (Wildman–Crippen LogP) is 2.19. The Morgan fingerprint density at radius 3 is 2.20 bits per heavy atom. The highest BCUT2D eigenvalue weighted by Gasteiger charge is 2.30. The van der Waals surface area contributed by atoms with Crippen LogP contribution in [-0.2, 0) is 17.9 Å². The zero-order valence-electron chi connectivity index (χ0n) is 9.56. The molecule has 0 amide bonds. The summed E-state index contributed by atoms with van der Waals surface area (Å²) in [5.41, 5.74) is 0. The van der Waals surface area contributed by atoms with Crippen LogP contribution in [0.3, 0.4) is 0 Å². The van der Waals surface area contributed by atoms with E-state index in [-0.39, 0.29) is 6.61 Å². The van der Waals surface area contributed by atoms with Crippen molar-refractivity contribution in [1.29, 1.82) is 0 Å². The van der Waals surface area contributed by atoms with Crippen LogP contribution >= 0.6 is 8.25 Å². The van der Waals surface area contributed by atoms with Gasteiger partial charge in [0.15, 0.2) is 0 Å². The van der Waals surface area contributed by atoms with Gasteiger partial charge in [0.2, 0.25) is 0 Å². The van der Waals surface area contributed by atoms with E-state index in [1.807, 2.05) is 20.4 Å². The molecule has 0 rings (SSSR count). The van der Waals surface area contributed by atoms with Crippen LogP contribution in [0.2, 0.25) is 12.6 Å². The Balaban J connectivity index is 3.79. The van der Waals surface area contributed by atoms with Crippen LogP contribution < -0.4 is 0 Å². The SMILES string of the molecule is CCO[Si](C)(CCCO[P+](=O)O)OCC. The first-order chi connectivity index (χ1) is 7.04. The Kier molecular flexibility index (Phi) is 8.41. The smallest absolute Gasteiger partial charge is 0.395 e. The molecule has 0 heterocycles. The van der Waals surface area contributed by atoms with Crippen LogP contribution in [0.4, 0.5) is 0 Å². The third kappa shape index (κ3) is 8.01. The lowest BCUT2D eigenvalue weighted by atomic mass is 10.5. The van der Waals surface area contributed by atoms with Gasteiger partial charge >= 0.3 is 16.8 Å².